The van der Waals surface area contributed by atoms with Crippen molar-refractivity contribution < 1.29 is 9.31 Å². The van der Waals surface area contributed by atoms with Gasteiger partial charge in [0.05, 0.1) is 22.2 Å². The number of pyridine rings is 1. The molecule has 6 aromatic carbocycles. The zero-order valence-electron chi connectivity index (χ0n) is 31.1. The third-order valence-corrected chi connectivity index (χ3v) is 13.0. The Bertz CT molecular complexity index is 2720. The SMILES string of the molecule is CC1(C)OB(c2ccc(-c3c4ccccc4c(-c4ccc5c(c4)C4(C6=CCCC=C6c6ccccc64)c4ccccc4-5)c4ccccc34)cn2)OC1(C)C. The van der Waals surface area contributed by atoms with Crippen LogP contribution in [0.4, 0.5) is 0 Å². The molecule has 3 aliphatic carbocycles. The molecule has 0 saturated carbocycles. The fraction of sp³-hybridized carbons (Fsp3) is 0.180. The second-order valence-corrected chi connectivity index (χ2v) is 16.3. The molecule has 1 atom stereocenters. The van der Waals surface area contributed by atoms with Crippen molar-refractivity contribution in [2.24, 2.45) is 0 Å². The lowest BCUT2D eigenvalue weighted by Gasteiger charge is -2.32. The zero-order chi connectivity index (χ0) is 36.4. The smallest absolute Gasteiger partial charge is 0.398 e. The molecule has 0 bridgehead atoms. The number of nitrogens with zero attached hydrogens (tertiary/aromatic N) is 1. The third kappa shape index (κ3) is 4.18. The average Bonchev–Trinajstić information content (AvgIpc) is 3.75. The number of rotatable bonds is 3. The number of allylic oxidation sites excluding steroid dienone is 4. The first-order valence-electron chi connectivity index (χ1n) is 19.3. The number of hydrogen-bond acceptors (Lipinski definition) is 3. The van der Waals surface area contributed by atoms with Crippen molar-refractivity contribution >= 4 is 39.8 Å². The zero-order valence-corrected chi connectivity index (χ0v) is 31.1. The summed E-state index contributed by atoms with van der Waals surface area (Å²) in [5, 5.41) is 4.88. The summed E-state index contributed by atoms with van der Waals surface area (Å²) in [5.74, 6) is 0. The number of fused-ring (bicyclic) bond motifs is 12. The molecular formula is C50H40BNO2. The summed E-state index contributed by atoms with van der Waals surface area (Å²) in [6.07, 6.45) is 9.14. The van der Waals surface area contributed by atoms with Gasteiger partial charge < -0.3 is 9.31 Å². The van der Waals surface area contributed by atoms with Crippen LogP contribution >= 0.6 is 0 Å². The quantitative estimate of drug-likeness (QED) is 0.136. The molecule has 3 nitrogen and oxygen atoms in total. The summed E-state index contributed by atoms with van der Waals surface area (Å²) in [5.41, 5.74) is 15.4. The van der Waals surface area contributed by atoms with E-state index in [-0.39, 0.29) is 5.41 Å². The van der Waals surface area contributed by atoms with E-state index < -0.39 is 18.3 Å². The predicted octanol–water partition coefficient (Wildman–Crippen LogP) is 11.5. The Labute approximate surface area is 317 Å². The summed E-state index contributed by atoms with van der Waals surface area (Å²) < 4.78 is 12.7. The van der Waals surface area contributed by atoms with E-state index in [1.165, 1.54) is 82.8 Å². The van der Waals surface area contributed by atoms with Crippen LogP contribution in [-0.4, -0.2) is 23.3 Å². The van der Waals surface area contributed by atoms with Crippen LogP contribution in [0.5, 0.6) is 0 Å². The molecule has 1 unspecified atom stereocenters. The Morgan fingerprint density at radius 2 is 1.04 bits per heavy atom. The molecule has 0 radical (unpaired) electrons. The maximum absolute atomic E-state index is 6.35. The van der Waals surface area contributed by atoms with Crippen LogP contribution < -0.4 is 5.59 Å². The molecule has 260 valence electrons. The minimum absolute atomic E-state index is 0.346. The first-order chi connectivity index (χ1) is 26.3. The van der Waals surface area contributed by atoms with Crippen molar-refractivity contribution in [2.45, 2.75) is 57.2 Å². The lowest BCUT2D eigenvalue weighted by Crippen LogP contribution is -2.41. The fourth-order valence-electron chi connectivity index (χ4n) is 9.90. The Morgan fingerprint density at radius 3 is 1.67 bits per heavy atom. The first-order valence-corrected chi connectivity index (χ1v) is 19.3. The normalized spacial score (nSPS) is 20.1. The van der Waals surface area contributed by atoms with Gasteiger partial charge in [0.15, 0.2) is 0 Å². The van der Waals surface area contributed by atoms with Crippen LogP contribution in [0.25, 0.3) is 60.5 Å². The molecule has 1 saturated heterocycles. The second-order valence-electron chi connectivity index (χ2n) is 16.3. The monoisotopic (exact) mass is 697 g/mol. The largest absolute Gasteiger partial charge is 0.514 e. The molecule has 1 aromatic heterocycles. The van der Waals surface area contributed by atoms with E-state index in [0.29, 0.717) is 0 Å². The van der Waals surface area contributed by atoms with Gasteiger partial charge >= 0.3 is 7.12 Å². The maximum Gasteiger partial charge on any atom is 0.514 e. The highest BCUT2D eigenvalue weighted by molar-refractivity contribution is 6.61. The Hall–Kier alpha value is -5.55. The standard InChI is InChI=1S/C50H40BNO2/c1-48(2)49(3,4)54-51(53-48)45-28-26-32(30-52-45)47-39-20-7-5-18-37(39)46(38-19-6-8-21-40(38)47)31-25-27-36-35-17-11-14-24-43(35)50(44(36)29-31)41-22-12-9-15-33(41)34-16-10-13-23-42(34)50/h5-9,11-12,14-30H,10,13H2,1-4H3. The summed E-state index contributed by atoms with van der Waals surface area (Å²) in [7, 11) is -0.503. The second kappa shape index (κ2) is 11.2. The summed E-state index contributed by atoms with van der Waals surface area (Å²) in [4.78, 5) is 4.95. The van der Waals surface area contributed by atoms with Crippen molar-refractivity contribution in [3.8, 4) is 33.4 Å². The van der Waals surface area contributed by atoms with Gasteiger partial charge in [-0.25, -0.2) is 0 Å². The van der Waals surface area contributed by atoms with Gasteiger partial charge in [-0.05, 0) is 135 Å². The van der Waals surface area contributed by atoms with Crippen LogP contribution in [0.15, 0.2) is 151 Å². The molecule has 1 fully saturated rings. The van der Waals surface area contributed by atoms with Gasteiger partial charge in [-0.15, -0.1) is 0 Å². The van der Waals surface area contributed by atoms with E-state index in [0.717, 1.165) is 24.0 Å². The van der Waals surface area contributed by atoms with E-state index in [1.54, 1.807) is 0 Å². The molecule has 0 amide bonds. The van der Waals surface area contributed by atoms with Crippen molar-refractivity contribution in [1.82, 2.24) is 4.98 Å². The molecular weight excluding hydrogens is 657 g/mol. The predicted molar refractivity (Wildman–Crippen MR) is 223 cm³/mol. The molecule has 4 aliphatic rings. The van der Waals surface area contributed by atoms with Crippen molar-refractivity contribution in [1.29, 1.82) is 0 Å². The van der Waals surface area contributed by atoms with Crippen molar-refractivity contribution in [2.75, 3.05) is 0 Å². The van der Waals surface area contributed by atoms with Gasteiger partial charge in [-0.3, -0.25) is 4.98 Å². The van der Waals surface area contributed by atoms with E-state index in [1.807, 2.05) is 6.20 Å². The minimum Gasteiger partial charge on any atom is -0.398 e. The van der Waals surface area contributed by atoms with Gasteiger partial charge in [-0.1, -0.05) is 127 Å². The molecule has 4 heteroatoms. The van der Waals surface area contributed by atoms with E-state index in [9.17, 15) is 0 Å². The van der Waals surface area contributed by atoms with Gasteiger partial charge in [0, 0.05) is 11.8 Å². The van der Waals surface area contributed by atoms with E-state index >= 15 is 0 Å². The Balaban J connectivity index is 1.13. The Kier molecular flexibility index (Phi) is 6.65. The topological polar surface area (TPSA) is 31.4 Å². The highest BCUT2D eigenvalue weighted by atomic mass is 16.7. The van der Waals surface area contributed by atoms with Gasteiger partial charge in [0.2, 0.25) is 0 Å². The molecule has 54 heavy (non-hydrogen) atoms. The van der Waals surface area contributed by atoms with E-state index in [2.05, 4.69) is 167 Å². The summed E-state index contributed by atoms with van der Waals surface area (Å²) in [6, 6.07) is 47.5. The number of hydrogen-bond donors (Lipinski definition) is 0. The summed E-state index contributed by atoms with van der Waals surface area (Å²) in [6.45, 7) is 8.31. The third-order valence-electron chi connectivity index (χ3n) is 13.0. The van der Waals surface area contributed by atoms with Gasteiger partial charge in [0.25, 0.3) is 0 Å². The molecule has 7 aromatic rings. The number of benzene rings is 6. The van der Waals surface area contributed by atoms with Crippen LogP contribution in [0.2, 0.25) is 0 Å². The molecule has 1 spiro atoms. The average molecular weight is 698 g/mol. The molecule has 2 heterocycles. The van der Waals surface area contributed by atoms with Crippen LogP contribution in [0.1, 0.15) is 62.8 Å². The lowest BCUT2D eigenvalue weighted by molar-refractivity contribution is 0.00578. The van der Waals surface area contributed by atoms with Crippen LogP contribution in [0.3, 0.4) is 0 Å². The molecule has 11 rings (SSSR count). The van der Waals surface area contributed by atoms with Crippen molar-refractivity contribution in [3.05, 3.63) is 174 Å². The Morgan fingerprint density at radius 1 is 0.519 bits per heavy atom. The highest BCUT2D eigenvalue weighted by Crippen LogP contribution is 2.65. The fourth-order valence-corrected chi connectivity index (χ4v) is 9.90. The van der Waals surface area contributed by atoms with Gasteiger partial charge in [0.1, 0.15) is 0 Å². The molecule has 0 N–H and O–H groups in total. The maximum atomic E-state index is 6.35. The van der Waals surface area contributed by atoms with E-state index in [4.69, 9.17) is 14.3 Å². The van der Waals surface area contributed by atoms with Crippen LogP contribution in [-0.2, 0) is 14.7 Å². The van der Waals surface area contributed by atoms with Gasteiger partial charge in [-0.2, -0.15) is 0 Å². The molecule has 1 aliphatic heterocycles. The summed E-state index contributed by atoms with van der Waals surface area (Å²) >= 11 is 0. The van der Waals surface area contributed by atoms with Crippen LogP contribution in [0, 0.1) is 0 Å². The van der Waals surface area contributed by atoms with Crippen molar-refractivity contribution in [3.63, 3.8) is 0 Å². The number of aromatic nitrogens is 1. The lowest BCUT2D eigenvalue weighted by atomic mass is 9.69. The highest BCUT2D eigenvalue weighted by Gasteiger charge is 2.54. The minimum atomic E-state index is -0.503. The first kappa shape index (κ1) is 31.9.